The van der Waals surface area contributed by atoms with Crippen molar-refractivity contribution in [1.29, 1.82) is 5.26 Å². The smallest absolute Gasteiger partial charge is 0.310 e. The highest BCUT2D eigenvalue weighted by Gasteiger charge is 2.09. The molecular weight excluding hydrogens is 270 g/mol. The molecule has 0 fully saturated rings. The summed E-state index contributed by atoms with van der Waals surface area (Å²) in [7, 11) is 0. The molecule has 1 rings (SSSR count). The summed E-state index contributed by atoms with van der Waals surface area (Å²) in [5.74, 6) is -0.300. The Balaban J connectivity index is 2.88. The summed E-state index contributed by atoms with van der Waals surface area (Å²) in [6, 6.07) is 7.56. The van der Waals surface area contributed by atoms with E-state index in [1.807, 2.05) is 6.07 Å². The van der Waals surface area contributed by atoms with Crippen molar-refractivity contribution < 1.29 is 9.53 Å². The van der Waals surface area contributed by atoms with Gasteiger partial charge in [0.1, 0.15) is 0 Å². The molecule has 0 amide bonds. The molecule has 0 radical (unpaired) electrons. The maximum atomic E-state index is 11.3. The molecule has 0 aliphatic heterocycles. The molecule has 1 aromatic rings. The van der Waals surface area contributed by atoms with Crippen LogP contribution in [-0.4, -0.2) is 12.6 Å². The van der Waals surface area contributed by atoms with Crippen LogP contribution < -0.4 is 0 Å². The Morgan fingerprint density at radius 1 is 1.56 bits per heavy atom. The average Bonchev–Trinajstić information content (AvgIpc) is 2.30. The number of carbonyl (C=O) groups excluding carboxylic acids is 1. The second-order valence-electron chi connectivity index (χ2n) is 3.22. The minimum absolute atomic E-state index is 0.152. The van der Waals surface area contributed by atoms with E-state index < -0.39 is 0 Å². The molecule has 16 heavy (non-hydrogen) atoms. The maximum Gasteiger partial charge on any atom is 0.310 e. The van der Waals surface area contributed by atoms with Gasteiger partial charge in [0.05, 0.1) is 24.7 Å². The van der Waals surface area contributed by atoms with Gasteiger partial charge in [-0.1, -0.05) is 28.1 Å². The third kappa shape index (κ3) is 3.35. The standard InChI is InChI=1S/C12H12BrNO2/c1-2-16-12(15)6-10-4-3-9(7-13)5-11(10)8-14/h3-5H,2,6-7H2,1H3. The number of halogens is 1. The number of carbonyl (C=O) groups is 1. The fourth-order valence-electron chi connectivity index (χ4n) is 1.33. The Labute approximate surface area is 103 Å². The number of esters is 1. The van der Waals surface area contributed by atoms with Gasteiger partial charge < -0.3 is 4.74 Å². The van der Waals surface area contributed by atoms with Gasteiger partial charge in [-0.15, -0.1) is 0 Å². The van der Waals surface area contributed by atoms with E-state index in [0.29, 0.717) is 23.1 Å². The third-order valence-electron chi connectivity index (χ3n) is 2.09. The van der Waals surface area contributed by atoms with E-state index >= 15 is 0 Å². The molecule has 0 saturated carbocycles. The number of hydrogen-bond donors (Lipinski definition) is 0. The number of hydrogen-bond acceptors (Lipinski definition) is 3. The number of nitriles is 1. The van der Waals surface area contributed by atoms with Crippen LogP contribution in [0.2, 0.25) is 0 Å². The highest BCUT2D eigenvalue weighted by atomic mass is 79.9. The van der Waals surface area contributed by atoms with Crippen LogP contribution in [0.5, 0.6) is 0 Å². The lowest BCUT2D eigenvalue weighted by molar-refractivity contribution is -0.142. The zero-order valence-corrected chi connectivity index (χ0v) is 10.6. The van der Waals surface area contributed by atoms with Crippen molar-refractivity contribution in [2.75, 3.05) is 6.61 Å². The van der Waals surface area contributed by atoms with E-state index in [0.717, 1.165) is 5.56 Å². The van der Waals surface area contributed by atoms with E-state index in [4.69, 9.17) is 10.00 Å². The van der Waals surface area contributed by atoms with Crippen molar-refractivity contribution in [2.24, 2.45) is 0 Å². The minimum atomic E-state index is -0.300. The van der Waals surface area contributed by atoms with Crippen LogP contribution in [0.4, 0.5) is 0 Å². The third-order valence-corrected chi connectivity index (χ3v) is 2.74. The summed E-state index contributed by atoms with van der Waals surface area (Å²) in [5, 5.41) is 9.66. The van der Waals surface area contributed by atoms with Gasteiger partial charge in [0, 0.05) is 5.33 Å². The van der Waals surface area contributed by atoms with Crippen LogP contribution in [0.15, 0.2) is 18.2 Å². The summed E-state index contributed by atoms with van der Waals surface area (Å²) in [6.07, 6.45) is 0.152. The van der Waals surface area contributed by atoms with Crippen molar-refractivity contribution >= 4 is 21.9 Å². The molecule has 4 heteroatoms. The van der Waals surface area contributed by atoms with Gasteiger partial charge in [0.25, 0.3) is 0 Å². The molecule has 0 bridgehead atoms. The van der Waals surface area contributed by atoms with Crippen molar-refractivity contribution in [3.05, 3.63) is 34.9 Å². The average molecular weight is 282 g/mol. The molecular formula is C12H12BrNO2. The Hall–Kier alpha value is -1.34. The molecule has 84 valence electrons. The normalized spacial score (nSPS) is 9.56. The number of rotatable bonds is 4. The molecule has 0 atom stereocenters. The molecule has 0 spiro atoms. The molecule has 1 aromatic carbocycles. The highest BCUT2D eigenvalue weighted by molar-refractivity contribution is 9.08. The van der Waals surface area contributed by atoms with Crippen molar-refractivity contribution in [3.63, 3.8) is 0 Å². The summed E-state index contributed by atoms with van der Waals surface area (Å²) in [4.78, 5) is 11.3. The molecule has 0 heterocycles. The fraction of sp³-hybridized carbons (Fsp3) is 0.333. The van der Waals surface area contributed by atoms with Crippen LogP contribution in [0.1, 0.15) is 23.6 Å². The van der Waals surface area contributed by atoms with Gasteiger partial charge in [-0.3, -0.25) is 4.79 Å². The Bertz CT molecular complexity index is 424. The zero-order chi connectivity index (χ0) is 12.0. The minimum Gasteiger partial charge on any atom is -0.466 e. The summed E-state index contributed by atoms with van der Waals surface area (Å²) < 4.78 is 4.84. The molecule has 0 aliphatic rings. The second-order valence-corrected chi connectivity index (χ2v) is 3.78. The first-order valence-electron chi connectivity index (χ1n) is 4.94. The SMILES string of the molecule is CCOC(=O)Cc1ccc(CBr)cc1C#N. The van der Waals surface area contributed by atoms with Gasteiger partial charge in [-0.2, -0.15) is 5.26 Å². The fourth-order valence-corrected chi connectivity index (χ4v) is 1.68. The number of nitrogens with zero attached hydrogens (tertiary/aromatic N) is 1. The van der Waals surface area contributed by atoms with Gasteiger partial charge in [0.2, 0.25) is 0 Å². The Morgan fingerprint density at radius 2 is 2.31 bits per heavy atom. The van der Waals surface area contributed by atoms with Gasteiger partial charge in [0.15, 0.2) is 0 Å². The molecule has 0 N–H and O–H groups in total. The first-order chi connectivity index (χ1) is 7.71. The van der Waals surface area contributed by atoms with E-state index in [1.54, 1.807) is 19.1 Å². The Morgan fingerprint density at radius 3 is 2.88 bits per heavy atom. The van der Waals surface area contributed by atoms with Crippen LogP contribution in [-0.2, 0) is 21.3 Å². The molecule has 3 nitrogen and oxygen atoms in total. The predicted molar refractivity (Wildman–Crippen MR) is 64.1 cm³/mol. The number of benzene rings is 1. The number of alkyl halides is 1. The first-order valence-corrected chi connectivity index (χ1v) is 6.07. The van der Waals surface area contributed by atoms with Gasteiger partial charge in [-0.25, -0.2) is 0 Å². The monoisotopic (exact) mass is 281 g/mol. The molecule has 0 aromatic heterocycles. The van der Waals surface area contributed by atoms with Gasteiger partial charge in [-0.05, 0) is 24.1 Å². The van der Waals surface area contributed by atoms with Crippen LogP contribution in [0.25, 0.3) is 0 Å². The molecule has 0 saturated heterocycles. The summed E-state index contributed by atoms with van der Waals surface area (Å²) in [6.45, 7) is 2.12. The van der Waals surface area contributed by atoms with Crippen LogP contribution >= 0.6 is 15.9 Å². The van der Waals surface area contributed by atoms with Crippen molar-refractivity contribution in [1.82, 2.24) is 0 Å². The predicted octanol–water partition coefficient (Wildman–Crippen LogP) is 2.56. The quantitative estimate of drug-likeness (QED) is 0.630. The second kappa shape index (κ2) is 6.29. The highest BCUT2D eigenvalue weighted by Crippen LogP contribution is 2.14. The van der Waals surface area contributed by atoms with Crippen LogP contribution in [0, 0.1) is 11.3 Å². The van der Waals surface area contributed by atoms with Gasteiger partial charge >= 0.3 is 5.97 Å². The van der Waals surface area contributed by atoms with Crippen LogP contribution in [0.3, 0.4) is 0 Å². The molecule has 0 aliphatic carbocycles. The lowest BCUT2D eigenvalue weighted by Crippen LogP contribution is -2.08. The summed E-state index contributed by atoms with van der Waals surface area (Å²) >= 11 is 3.32. The Kier molecular flexibility index (Phi) is 5.00. The maximum absolute atomic E-state index is 11.3. The molecule has 0 unspecified atom stereocenters. The van der Waals surface area contributed by atoms with E-state index in [-0.39, 0.29) is 12.4 Å². The van der Waals surface area contributed by atoms with E-state index in [9.17, 15) is 4.79 Å². The topological polar surface area (TPSA) is 50.1 Å². The first kappa shape index (κ1) is 12.7. The zero-order valence-electron chi connectivity index (χ0n) is 9.00. The van der Waals surface area contributed by atoms with E-state index in [2.05, 4.69) is 22.0 Å². The lowest BCUT2D eigenvalue weighted by atomic mass is 10.0. The summed E-state index contributed by atoms with van der Waals surface area (Å²) in [5.41, 5.74) is 2.26. The van der Waals surface area contributed by atoms with E-state index in [1.165, 1.54) is 0 Å². The van der Waals surface area contributed by atoms with Crippen molar-refractivity contribution in [3.8, 4) is 6.07 Å². The lowest BCUT2D eigenvalue weighted by Gasteiger charge is -2.05. The van der Waals surface area contributed by atoms with Crippen molar-refractivity contribution in [2.45, 2.75) is 18.7 Å². The number of ether oxygens (including phenoxy) is 1. The largest absolute Gasteiger partial charge is 0.466 e.